The van der Waals surface area contributed by atoms with Gasteiger partial charge in [0, 0.05) is 24.3 Å². The molecule has 0 aromatic heterocycles. The third-order valence-electron chi connectivity index (χ3n) is 4.07. The summed E-state index contributed by atoms with van der Waals surface area (Å²) in [6.07, 6.45) is -0.203. The smallest absolute Gasteiger partial charge is 0.407 e. The minimum Gasteiger partial charge on any atom is -0.494 e. The molecule has 172 valence electrons. The average molecular weight is 442 g/mol. The summed E-state index contributed by atoms with van der Waals surface area (Å²) in [4.78, 5) is 35.9. The summed E-state index contributed by atoms with van der Waals surface area (Å²) in [6, 6.07) is 14.2. The Kier molecular flexibility index (Phi) is 9.07. The van der Waals surface area contributed by atoms with Crippen molar-refractivity contribution in [1.29, 1.82) is 0 Å². The minimum absolute atomic E-state index is 0.111. The van der Waals surface area contributed by atoms with Crippen molar-refractivity contribution < 1.29 is 23.9 Å². The number of carbonyl (C=O) groups is 3. The van der Waals surface area contributed by atoms with Gasteiger partial charge in [-0.2, -0.15) is 0 Å². The van der Waals surface area contributed by atoms with Gasteiger partial charge in [-0.15, -0.1) is 0 Å². The molecule has 32 heavy (non-hydrogen) atoms. The van der Waals surface area contributed by atoms with Crippen molar-refractivity contribution in [1.82, 2.24) is 5.32 Å². The molecular weight excluding hydrogens is 410 g/mol. The van der Waals surface area contributed by atoms with E-state index in [1.165, 1.54) is 0 Å². The summed E-state index contributed by atoms with van der Waals surface area (Å²) in [6.45, 7) is 7.99. The van der Waals surface area contributed by atoms with Crippen molar-refractivity contribution >= 4 is 29.3 Å². The van der Waals surface area contributed by atoms with Crippen molar-refractivity contribution in [3.8, 4) is 5.75 Å². The standard InChI is InChI=1S/C24H31N3O5/c1-5-31-20-12-6-17(7-13-20)16-22(29)27-19-10-8-18(9-11-19)26-21(28)14-15-25-23(30)32-24(2,3)4/h6-13H,5,14-16H2,1-4H3,(H,25,30)(H,26,28)(H,27,29). The van der Waals surface area contributed by atoms with Gasteiger partial charge in [0.05, 0.1) is 13.0 Å². The molecule has 0 unspecified atom stereocenters. The number of anilines is 2. The van der Waals surface area contributed by atoms with Crippen LogP contribution < -0.4 is 20.7 Å². The number of rotatable bonds is 9. The topological polar surface area (TPSA) is 106 Å². The van der Waals surface area contributed by atoms with E-state index in [9.17, 15) is 14.4 Å². The fourth-order valence-corrected chi connectivity index (χ4v) is 2.71. The lowest BCUT2D eigenvalue weighted by Crippen LogP contribution is -2.34. The van der Waals surface area contributed by atoms with Crippen LogP contribution in [-0.4, -0.2) is 36.7 Å². The van der Waals surface area contributed by atoms with Crippen molar-refractivity contribution in [2.45, 2.75) is 46.1 Å². The lowest BCUT2D eigenvalue weighted by molar-refractivity contribution is -0.116. The van der Waals surface area contributed by atoms with Crippen LogP contribution in [0.5, 0.6) is 5.75 Å². The van der Waals surface area contributed by atoms with Gasteiger partial charge in [-0.05, 0) is 69.7 Å². The van der Waals surface area contributed by atoms with Crippen LogP contribution in [0, 0.1) is 0 Å². The fourth-order valence-electron chi connectivity index (χ4n) is 2.71. The highest BCUT2D eigenvalue weighted by molar-refractivity contribution is 5.94. The Labute approximate surface area is 188 Å². The first kappa shape index (κ1) is 24.7. The van der Waals surface area contributed by atoms with Crippen molar-refractivity contribution in [2.75, 3.05) is 23.8 Å². The first-order valence-electron chi connectivity index (χ1n) is 10.5. The Bertz CT molecular complexity index is 903. The van der Waals surface area contributed by atoms with Gasteiger partial charge in [0.25, 0.3) is 0 Å². The fraction of sp³-hybridized carbons (Fsp3) is 0.375. The maximum Gasteiger partial charge on any atom is 0.407 e. The number of amides is 3. The van der Waals surface area contributed by atoms with Crippen LogP contribution in [0.25, 0.3) is 0 Å². The van der Waals surface area contributed by atoms with Gasteiger partial charge < -0.3 is 25.4 Å². The highest BCUT2D eigenvalue weighted by Gasteiger charge is 2.16. The average Bonchev–Trinajstić information content (AvgIpc) is 2.70. The molecule has 0 bridgehead atoms. The van der Waals surface area contributed by atoms with Crippen LogP contribution in [0.15, 0.2) is 48.5 Å². The SMILES string of the molecule is CCOc1ccc(CC(=O)Nc2ccc(NC(=O)CCNC(=O)OC(C)(C)C)cc2)cc1. The molecule has 2 rings (SSSR count). The molecule has 8 nitrogen and oxygen atoms in total. The van der Waals surface area contributed by atoms with Crippen LogP contribution in [0.1, 0.15) is 39.7 Å². The largest absolute Gasteiger partial charge is 0.494 e. The molecule has 2 aromatic rings. The molecule has 8 heteroatoms. The Morgan fingerprint density at radius 2 is 1.41 bits per heavy atom. The summed E-state index contributed by atoms with van der Waals surface area (Å²) in [5.74, 6) is 0.391. The predicted molar refractivity (Wildman–Crippen MR) is 124 cm³/mol. The summed E-state index contributed by atoms with van der Waals surface area (Å²) < 4.78 is 10.5. The number of carbonyl (C=O) groups excluding carboxylic acids is 3. The minimum atomic E-state index is -0.586. The van der Waals surface area contributed by atoms with Crippen LogP contribution >= 0.6 is 0 Å². The van der Waals surface area contributed by atoms with Gasteiger partial charge in [0.1, 0.15) is 11.4 Å². The number of nitrogens with one attached hydrogen (secondary N) is 3. The third-order valence-corrected chi connectivity index (χ3v) is 4.07. The van der Waals surface area contributed by atoms with E-state index < -0.39 is 11.7 Å². The molecule has 0 spiro atoms. The molecule has 3 N–H and O–H groups in total. The first-order valence-corrected chi connectivity index (χ1v) is 10.5. The lowest BCUT2D eigenvalue weighted by atomic mass is 10.1. The molecule has 0 heterocycles. The van der Waals surface area contributed by atoms with E-state index >= 15 is 0 Å². The maximum absolute atomic E-state index is 12.3. The Morgan fingerprint density at radius 1 is 0.844 bits per heavy atom. The van der Waals surface area contributed by atoms with E-state index in [4.69, 9.17) is 9.47 Å². The van der Waals surface area contributed by atoms with Crippen LogP contribution in [-0.2, 0) is 20.7 Å². The summed E-state index contributed by atoms with van der Waals surface area (Å²) in [5, 5.41) is 8.12. The van der Waals surface area contributed by atoms with Crippen LogP contribution in [0.4, 0.5) is 16.2 Å². The second-order valence-corrected chi connectivity index (χ2v) is 8.11. The highest BCUT2D eigenvalue weighted by Crippen LogP contribution is 2.16. The first-order chi connectivity index (χ1) is 15.1. The van der Waals surface area contributed by atoms with Crippen LogP contribution in [0.3, 0.4) is 0 Å². The Morgan fingerprint density at radius 3 is 1.94 bits per heavy atom. The van der Waals surface area contributed by atoms with Gasteiger partial charge >= 0.3 is 6.09 Å². The molecule has 0 saturated carbocycles. The zero-order chi connectivity index (χ0) is 23.6. The summed E-state index contributed by atoms with van der Waals surface area (Å²) in [5.41, 5.74) is 1.52. The van der Waals surface area contributed by atoms with Gasteiger partial charge in [-0.1, -0.05) is 12.1 Å². The second-order valence-electron chi connectivity index (χ2n) is 8.11. The van der Waals surface area contributed by atoms with E-state index in [0.717, 1.165) is 11.3 Å². The number of hydrogen-bond acceptors (Lipinski definition) is 5. The van der Waals surface area contributed by atoms with E-state index in [0.29, 0.717) is 18.0 Å². The molecule has 0 aliphatic heterocycles. The Hall–Kier alpha value is -3.55. The van der Waals surface area contributed by atoms with Gasteiger partial charge in [0.15, 0.2) is 0 Å². The summed E-state index contributed by atoms with van der Waals surface area (Å²) >= 11 is 0. The quantitative estimate of drug-likeness (QED) is 0.543. The molecule has 0 aliphatic carbocycles. The third kappa shape index (κ3) is 9.51. The lowest BCUT2D eigenvalue weighted by Gasteiger charge is -2.19. The van der Waals surface area contributed by atoms with E-state index in [1.807, 2.05) is 31.2 Å². The van der Waals surface area contributed by atoms with Crippen molar-refractivity contribution in [3.05, 3.63) is 54.1 Å². The Balaban J connectivity index is 1.74. The molecule has 0 fully saturated rings. The van der Waals surface area contributed by atoms with Gasteiger partial charge in [-0.3, -0.25) is 9.59 Å². The van der Waals surface area contributed by atoms with E-state index in [-0.39, 0.29) is 31.2 Å². The highest BCUT2D eigenvalue weighted by atomic mass is 16.6. The van der Waals surface area contributed by atoms with Crippen LogP contribution in [0.2, 0.25) is 0 Å². The zero-order valence-electron chi connectivity index (χ0n) is 19.0. The molecular formula is C24H31N3O5. The van der Waals surface area contributed by atoms with Crippen molar-refractivity contribution in [2.24, 2.45) is 0 Å². The van der Waals surface area contributed by atoms with Crippen molar-refractivity contribution in [3.63, 3.8) is 0 Å². The zero-order valence-corrected chi connectivity index (χ0v) is 19.0. The number of benzene rings is 2. The second kappa shape index (κ2) is 11.7. The maximum atomic E-state index is 12.3. The van der Waals surface area contributed by atoms with E-state index in [2.05, 4.69) is 16.0 Å². The number of alkyl carbamates (subject to hydrolysis) is 1. The number of hydrogen-bond donors (Lipinski definition) is 3. The van der Waals surface area contributed by atoms with Gasteiger partial charge in [0.2, 0.25) is 11.8 Å². The molecule has 0 atom stereocenters. The molecule has 3 amide bonds. The monoisotopic (exact) mass is 441 g/mol. The normalized spacial score (nSPS) is 10.8. The number of ether oxygens (including phenoxy) is 2. The molecule has 0 saturated heterocycles. The molecule has 0 radical (unpaired) electrons. The molecule has 0 aliphatic rings. The predicted octanol–water partition coefficient (Wildman–Crippen LogP) is 4.12. The summed E-state index contributed by atoms with van der Waals surface area (Å²) in [7, 11) is 0. The molecule has 2 aromatic carbocycles. The van der Waals surface area contributed by atoms with Gasteiger partial charge in [-0.25, -0.2) is 4.79 Å². The van der Waals surface area contributed by atoms with E-state index in [1.54, 1.807) is 45.0 Å².